The van der Waals surface area contributed by atoms with Crippen LogP contribution in [0.3, 0.4) is 0 Å². The number of aromatic nitrogens is 3. The summed E-state index contributed by atoms with van der Waals surface area (Å²) in [4.78, 5) is 11.9. The first-order chi connectivity index (χ1) is 13.7. The van der Waals surface area contributed by atoms with E-state index in [1.165, 1.54) is 0 Å². The molecule has 5 nitrogen and oxygen atoms in total. The molecule has 6 aromatic rings. The topological polar surface area (TPSA) is 96.5 Å². The number of nitrogens with two attached hydrogens (primary N) is 2. The van der Waals surface area contributed by atoms with Crippen molar-refractivity contribution in [3.05, 3.63) is 66.9 Å². The van der Waals surface area contributed by atoms with E-state index in [4.69, 9.17) is 16.5 Å². The van der Waals surface area contributed by atoms with Gasteiger partial charge in [-0.25, -0.2) is 4.98 Å². The Kier molecular flexibility index (Phi) is 2.84. The molecule has 5 heteroatoms. The average Bonchev–Trinajstić information content (AvgIpc) is 3.32. The molecule has 4 aromatic carbocycles. The van der Waals surface area contributed by atoms with E-state index in [1.54, 1.807) is 0 Å². The molecule has 0 saturated heterocycles. The number of anilines is 2. The second-order valence-corrected chi connectivity index (χ2v) is 7.17. The summed E-state index contributed by atoms with van der Waals surface area (Å²) in [6, 6.07) is 20.2. The van der Waals surface area contributed by atoms with Crippen LogP contribution in [0, 0.1) is 0 Å². The van der Waals surface area contributed by atoms with E-state index < -0.39 is 0 Å². The van der Waals surface area contributed by atoms with Crippen LogP contribution in [-0.4, -0.2) is 15.0 Å². The van der Waals surface area contributed by atoms with Crippen molar-refractivity contribution in [2.45, 2.75) is 0 Å². The van der Waals surface area contributed by atoms with E-state index in [0.29, 0.717) is 0 Å². The molecule has 2 aromatic heterocycles. The molecule has 28 heavy (non-hydrogen) atoms. The molecular weight excluding hydrogens is 346 g/mol. The van der Waals surface area contributed by atoms with Gasteiger partial charge >= 0.3 is 0 Å². The molecule has 0 radical (unpaired) electrons. The second kappa shape index (κ2) is 5.27. The third-order valence-electron chi connectivity index (χ3n) is 5.45. The third kappa shape index (κ3) is 1.98. The van der Waals surface area contributed by atoms with Crippen molar-refractivity contribution in [1.82, 2.24) is 15.0 Å². The van der Waals surface area contributed by atoms with Gasteiger partial charge in [0.25, 0.3) is 0 Å². The zero-order chi connectivity index (χ0) is 18.8. The summed E-state index contributed by atoms with van der Waals surface area (Å²) in [7, 11) is 0. The summed E-state index contributed by atoms with van der Waals surface area (Å²) in [5, 5.41) is 5.48. The summed E-state index contributed by atoms with van der Waals surface area (Å²) in [5.74, 6) is 0.825. The monoisotopic (exact) mass is 363 g/mol. The summed E-state index contributed by atoms with van der Waals surface area (Å²) < 4.78 is 0. The maximum absolute atomic E-state index is 6.10. The van der Waals surface area contributed by atoms with Gasteiger partial charge < -0.3 is 21.4 Å². The number of imidazole rings is 1. The van der Waals surface area contributed by atoms with E-state index in [2.05, 4.69) is 34.2 Å². The van der Waals surface area contributed by atoms with E-state index in [-0.39, 0.29) is 0 Å². The van der Waals surface area contributed by atoms with E-state index in [1.807, 2.05) is 42.6 Å². The van der Waals surface area contributed by atoms with E-state index in [0.717, 1.165) is 66.2 Å². The van der Waals surface area contributed by atoms with Gasteiger partial charge in [0.1, 0.15) is 5.82 Å². The molecule has 0 unspecified atom stereocenters. The van der Waals surface area contributed by atoms with Gasteiger partial charge in [-0.05, 0) is 41.1 Å². The predicted octanol–water partition coefficient (Wildman–Crippen LogP) is 5.18. The molecule has 134 valence electrons. The molecule has 0 spiro atoms. The fourth-order valence-corrected chi connectivity index (χ4v) is 4.15. The number of nitrogens with one attached hydrogen (secondary N) is 2. The highest BCUT2D eigenvalue weighted by Gasteiger charge is 2.16. The zero-order valence-corrected chi connectivity index (χ0v) is 15.0. The number of H-pyrrole nitrogens is 2. The summed E-state index contributed by atoms with van der Waals surface area (Å²) in [6.45, 7) is 0. The Bertz CT molecular complexity index is 1460. The second-order valence-electron chi connectivity index (χ2n) is 7.17. The third-order valence-corrected chi connectivity index (χ3v) is 5.45. The summed E-state index contributed by atoms with van der Waals surface area (Å²) in [5.41, 5.74) is 17.6. The number of hydrogen-bond acceptors (Lipinski definition) is 3. The van der Waals surface area contributed by atoms with Gasteiger partial charge in [0.05, 0.1) is 11.0 Å². The fraction of sp³-hybridized carbons (Fsp3) is 0. The van der Waals surface area contributed by atoms with Gasteiger partial charge in [-0.2, -0.15) is 0 Å². The van der Waals surface area contributed by atoms with Crippen molar-refractivity contribution < 1.29 is 0 Å². The van der Waals surface area contributed by atoms with Gasteiger partial charge in [-0.3, -0.25) is 0 Å². The van der Waals surface area contributed by atoms with Crippen molar-refractivity contribution >= 4 is 54.9 Å². The number of nitrogen functional groups attached to an aromatic ring is 2. The van der Waals surface area contributed by atoms with Gasteiger partial charge in [0.2, 0.25) is 0 Å². The molecule has 0 atom stereocenters. The highest BCUT2D eigenvalue weighted by atomic mass is 14.9. The number of fused-ring (bicyclic) bond motifs is 7. The first-order valence-corrected chi connectivity index (χ1v) is 9.16. The fourth-order valence-electron chi connectivity index (χ4n) is 4.15. The molecular formula is C23H17N5. The minimum absolute atomic E-state index is 0.722. The quantitative estimate of drug-likeness (QED) is 0.239. The first-order valence-electron chi connectivity index (χ1n) is 9.16. The molecule has 6 rings (SSSR count). The Labute approximate surface area is 160 Å². The maximum Gasteiger partial charge on any atom is 0.140 e. The number of nitrogens with zero attached hydrogens (tertiary/aromatic N) is 1. The lowest BCUT2D eigenvalue weighted by atomic mass is 9.99. The molecule has 6 N–H and O–H groups in total. The van der Waals surface area contributed by atoms with Gasteiger partial charge in [0, 0.05) is 44.8 Å². The smallest absolute Gasteiger partial charge is 0.140 e. The molecule has 0 bridgehead atoms. The Hall–Kier alpha value is -3.99. The lowest BCUT2D eigenvalue weighted by molar-refractivity contribution is 1.34. The van der Waals surface area contributed by atoms with Crippen LogP contribution in [0.2, 0.25) is 0 Å². The standard InChI is InChI=1S/C23H17N5/c24-12-5-7-14-15-8-6-13(25)10-18(15)22-21(17(14)9-12)27-23(28-22)19-11-26-20-4-2-1-3-16(19)20/h1-11,26H,24-25H2,(H,27,28). The summed E-state index contributed by atoms with van der Waals surface area (Å²) >= 11 is 0. The van der Waals surface area contributed by atoms with Crippen LogP contribution in [0.1, 0.15) is 0 Å². The minimum Gasteiger partial charge on any atom is -0.399 e. The number of hydrogen-bond donors (Lipinski definition) is 4. The number of benzene rings is 4. The van der Waals surface area contributed by atoms with Crippen molar-refractivity contribution in [2.24, 2.45) is 0 Å². The molecule has 2 heterocycles. The van der Waals surface area contributed by atoms with Crippen LogP contribution in [0.5, 0.6) is 0 Å². The normalized spacial score (nSPS) is 11.9. The van der Waals surface area contributed by atoms with Gasteiger partial charge in [-0.15, -0.1) is 0 Å². The molecule has 0 aliphatic rings. The van der Waals surface area contributed by atoms with Crippen LogP contribution in [-0.2, 0) is 0 Å². The van der Waals surface area contributed by atoms with Crippen molar-refractivity contribution in [3.63, 3.8) is 0 Å². The maximum atomic E-state index is 6.10. The highest BCUT2D eigenvalue weighted by Crippen LogP contribution is 2.37. The zero-order valence-electron chi connectivity index (χ0n) is 15.0. The highest BCUT2D eigenvalue weighted by molar-refractivity contribution is 6.24. The van der Waals surface area contributed by atoms with E-state index in [9.17, 15) is 0 Å². The number of rotatable bonds is 1. The lowest BCUT2D eigenvalue weighted by Gasteiger charge is -2.07. The summed E-state index contributed by atoms with van der Waals surface area (Å²) in [6.07, 6.45) is 2.00. The van der Waals surface area contributed by atoms with Crippen molar-refractivity contribution in [1.29, 1.82) is 0 Å². The Morgan fingerprint density at radius 2 is 1.43 bits per heavy atom. The molecule has 0 amide bonds. The van der Waals surface area contributed by atoms with Crippen LogP contribution < -0.4 is 11.5 Å². The Morgan fingerprint density at radius 3 is 2.25 bits per heavy atom. The van der Waals surface area contributed by atoms with Crippen LogP contribution in [0.4, 0.5) is 11.4 Å². The Balaban J connectivity index is 1.79. The average molecular weight is 363 g/mol. The minimum atomic E-state index is 0.722. The molecule has 0 saturated carbocycles. The van der Waals surface area contributed by atoms with Crippen LogP contribution >= 0.6 is 0 Å². The molecule has 0 fully saturated rings. The lowest BCUT2D eigenvalue weighted by Crippen LogP contribution is -1.89. The van der Waals surface area contributed by atoms with E-state index >= 15 is 0 Å². The molecule has 0 aliphatic carbocycles. The Morgan fingerprint density at radius 1 is 0.714 bits per heavy atom. The SMILES string of the molecule is Nc1ccc2c3ccc(N)cc3c3[nH]c(-c4c[nH]c5ccccc45)nc3c2c1. The molecule has 0 aliphatic heterocycles. The number of para-hydroxylation sites is 1. The number of aromatic amines is 2. The largest absolute Gasteiger partial charge is 0.399 e. The van der Waals surface area contributed by atoms with Crippen LogP contribution in [0.25, 0.3) is 54.9 Å². The van der Waals surface area contributed by atoms with Gasteiger partial charge in [-0.1, -0.05) is 30.3 Å². The first kappa shape index (κ1) is 15.1. The van der Waals surface area contributed by atoms with Crippen molar-refractivity contribution in [2.75, 3.05) is 11.5 Å². The predicted molar refractivity (Wildman–Crippen MR) is 117 cm³/mol. The van der Waals surface area contributed by atoms with Crippen molar-refractivity contribution in [3.8, 4) is 11.4 Å². The van der Waals surface area contributed by atoms with Crippen LogP contribution in [0.15, 0.2) is 66.9 Å². The van der Waals surface area contributed by atoms with Gasteiger partial charge in [0.15, 0.2) is 0 Å².